The first-order valence-electron chi connectivity index (χ1n) is 8.20. The first-order chi connectivity index (χ1) is 13.6. The van der Waals surface area contributed by atoms with E-state index in [0.29, 0.717) is 16.3 Å². The summed E-state index contributed by atoms with van der Waals surface area (Å²) in [5.41, 5.74) is 1.77. The smallest absolute Gasteiger partial charge is 0.212 e. The van der Waals surface area contributed by atoms with Crippen LogP contribution in [0.25, 0.3) is 11.0 Å². The minimum absolute atomic E-state index is 0.231. The third-order valence-corrected chi connectivity index (χ3v) is 6.37. The van der Waals surface area contributed by atoms with E-state index in [1.54, 1.807) is 36.7 Å². The molecule has 0 aliphatic rings. The van der Waals surface area contributed by atoms with Gasteiger partial charge in [0.2, 0.25) is 5.09 Å². The van der Waals surface area contributed by atoms with Crippen LogP contribution < -0.4 is 4.72 Å². The minimum Gasteiger partial charge on any atom is -0.445 e. The molecule has 142 valence electrons. The third-order valence-electron chi connectivity index (χ3n) is 3.84. The fourth-order valence-corrected chi connectivity index (χ4v) is 4.80. The maximum absolute atomic E-state index is 12.8. The molecule has 0 aliphatic heterocycles. The van der Waals surface area contributed by atoms with Gasteiger partial charge in [0, 0.05) is 30.0 Å². The fourth-order valence-electron chi connectivity index (χ4n) is 2.58. The summed E-state index contributed by atoms with van der Waals surface area (Å²) in [6, 6.07) is 14.2. The van der Waals surface area contributed by atoms with E-state index in [1.807, 2.05) is 24.3 Å². The van der Waals surface area contributed by atoms with Crippen LogP contribution in [0.5, 0.6) is 0 Å². The summed E-state index contributed by atoms with van der Waals surface area (Å²) in [7, 11) is -3.19. The molecule has 0 fully saturated rings. The van der Waals surface area contributed by atoms with Crippen LogP contribution in [0.15, 0.2) is 81.7 Å². The molecule has 0 amide bonds. The summed E-state index contributed by atoms with van der Waals surface area (Å²) in [5, 5.41) is 1.70. The number of hydrogen-bond acceptors (Lipinski definition) is 5. The number of furan rings is 1. The van der Waals surface area contributed by atoms with Crippen molar-refractivity contribution in [3.8, 4) is 0 Å². The number of nitrogens with one attached hydrogen (secondary N) is 1. The summed E-state index contributed by atoms with van der Waals surface area (Å²) >= 11 is 6.04. The monoisotopic (exact) mass is 431 g/mol. The van der Waals surface area contributed by atoms with Gasteiger partial charge in [0.25, 0.3) is 0 Å². The molecule has 4 aromatic rings. The number of rotatable bonds is 6. The number of anilines is 1. The molecule has 6 nitrogen and oxygen atoms in total. The average Bonchev–Trinajstić information content (AvgIpc) is 3.13. The molecule has 1 aromatic carbocycles. The predicted octanol–water partition coefficient (Wildman–Crippen LogP) is 4.32. The van der Waals surface area contributed by atoms with E-state index in [2.05, 4.69) is 14.7 Å². The van der Waals surface area contributed by atoms with E-state index in [1.165, 1.54) is 6.20 Å². The van der Waals surface area contributed by atoms with Gasteiger partial charge in [-0.15, -0.1) is 0 Å². The van der Waals surface area contributed by atoms with Crippen LogP contribution in [0.3, 0.4) is 0 Å². The molecule has 0 bridgehead atoms. The molecule has 28 heavy (non-hydrogen) atoms. The van der Waals surface area contributed by atoms with E-state index >= 15 is 0 Å². The van der Waals surface area contributed by atoms with Crippen molar-refractivity contribution in [1.82, 2.24) is 9.97 Å². The third kappa shape index (κ3) is 4.14. The summed E-state index contributed by atoms with van der Waals surface area (Å²) in [6.45, 7) is 0. The second-order valence-electron chi connectivity index (χ2n) is 5.83. The SMILES string of the molecule is O=S(Cc1cccnc1)c1ncc(Cl)cc1NS(=O)c1cc2ccccc2o1. The summed E-state index contributed by atoms with van der Waals surface area (Å²) in [5.74, 6) is 0.231. The Balaban J connectivity index is 1.61. The van der Waals surface area contributed by atoms with E-state index in [9.17, 15) is 8.42 Å². The van der Waals surface area contributed by atoms with Crippen molar-refractivity contribution >= 4 is 50.0 Å². The Morgan fingerprint density at radius 3 is 2.71 bits per heavy atom. The Morgan fingerprint density at radius 2 is 1.93 bits per heavy atom. The van der Waals surface area contributed by atoms with Crippen LogP contribution in [-0.2, 0) is 27.5 Å². The molecular formula is C19H14ClN3O3S2. The van der Waals surface area contributed by atoms with E-state index in [-0.39, 0.29) is 15.9 Å². The van der Waals surface area contributed by atoms with Crippen molar-refractivity contribution in [1.29, 1.82) is 0 Å². The van der Waals surface area contributed by atoms with Gasteiger partial charge in [-0.25, -0.2) is 9.19 Å². The molecule has 4 rings (SSSR count). The average molecular weight is 432 g/mol. The molecule has 0 spiro atoms. The molecular weight excluding hydrogens is 418 g/mol. The van der Waals surface area contributed by atoms with E-state index in [0.717, 1.165) is 10.9 Å². The Labute approximate surface area is 171 Å². The molecule has 1 N–H and O–H groups in total. The number of nitrogens with zero attached hydrogens (tertiary/aromatic N) is 2. The van der Waals surface area contributed by atoms with Gasteiger partial charge in [0.05, 0.1) is 27.3 Å². The van der Waals surface area contributed by atoms with Crippen LogP contribution >= 0.6 is 11.6 Å². The number of hydrogen-bond donors (Lipinski definition) is 1. The maximum Gasteiger partial charge on any atom is 0.212 e. The van der Waals surface area contributed by atoms with Gasteiger partial charge in [-0.2, -0.15) is 0 Å². The lowest BCUT2D eigenvalue weighted by Crippen LogP contribution is -2.09. The van der Waals surface area contributed by atoms with Gasteiger partial charge in [-0.1, -0.05) is 35.9 Å². The zero-order valence-electron chi connectivity index (χ0n) is 14.4. The quantitative estimate of drug-likeness (QED) is 0.491. The molecule has 0 aliphatic carbocycles. The zero-order chi connectivity index (χ0) is 19.5. The lowest BCUT2D eigenvalue weighted by molar-refractivity contribution is 0.504. The molecule has 0 saturated carbocycles. The lowest BCUT2D eigenvalue weighted by Gasteiger charge is -2.10. The molecule has 2 unspecified atom stereocenters. The van der Waals surface area contributed by atoms with Gasteiger partial charge in [-0.05, 0) is 23.8 Å². The Kier molecular flexibility index (Phi) is 5.52. The predicted molar refractivity (Wildman–Crippen MR) is 110 cm³/mol. The van der Waals surface area contributed by atoms with Crippen molar-refractivity contribution in [3.63, 3.8) is 0 Å². The number of fused-ring (bicyclic) bond motifs is 1. The Hall–Kier alpha value is -2.55. The molecule has 9 heteroatoms. The lowest BCUT2D eigenvalue weighted by atomic mass is 10.3. The highest BCUT2D eigenvalue weighted by Gasteiger charge is 2.17. The molecule has 3 heterocycles. The minimum atomic E-state index is -1.71. The maximum atomic E-state index is 12.8. The molecule has 0 saturated heterocycles. The number of benzene rings is 1. The highest BCUT2D eigenvalue weighted by Crippen LogP contribution is 2.27. The van der Waals surface area contributed by atoms with E-state index in [4.69, 9.17) is 16.0 Å². The van der Waals surface area contributed by atoms with Gasteiger partial charge >= 0.3 is 0 Å². The first kappa shape index (κ1) is 18.8. The van der Waals surface area contributed by atoms with E-state index < -0.39 is 21.8 Å². The Morgan fingerprint density at radius 1 is 1.07 bits per heavy atom. The molecule has 3 aromatic heterocycles. The highest BCUT2D eigenvalue weighted by molar-refractivity contribution is 7.86. The van der Waals surface area contributed by atoms with Gasteiger partial charge in [0.15, 0.2) is 16.0 Å². The van der Waals surface area contributed by atoms with Gasteiger partial charge in [0.1, 0.15) is 5.58 Å². The number of halogens is 1. The number of aromatic nitrogens is 2. The van der Waals surface area contributed by atoms with Crippen molar-refractivity contribution in [2.45, 2.75) is 15.9 Å². The zero-order valence-corrected chi connectivity index (χ0v) is 16.8. The second-order valence-corrected chi connectivity index (χ2v) is 8.78. The van der Waals surface area contributed by atoms with Crippen molar-refractivity contribution in [2.24, 2.45) is 0 Å². The summed E-state index contributed by atoms with van der Waals surface area (Å²) in [4.78, 5) is 8.21. The van der Waals surface area contributed by atoms with Crippen molar-refractivity contribution in [2.75, 3.05) is 4.72 Å². The second kappa shape index (κ2) is 8.22. The number of para-hydroxylation sites is 1. The van der Waals surface area contributed by atoms with Crippen molar-refractivity contribution < 1.29 is 12.8 Å². The van der Waals surface area contributed by atoms with Crippen LogP contribution in [0, 0.1) is 0 Å². The fraction of sp³-hybridized carbons (Fsp3) is 0.0526. The van der Waals surface area contributed by atoms with Crippen LogP contribution in [0.4, 0.5) is 5.69 Å². The summed E-state index contributed by atoms with van der Waals surface area (Å²) in [6.07, 6.45) is 4.71. The topological polar surface area (TPSA) is 85.1 Å². The Bertz CT molecular complexity index is 1150. The number of pyridine rings is 2. The van der Waals surface area contributed by atoms with Crippen LogP contribution in [-0.4, -0.2) is 18.4 Å². The molecule has 0 radical (unpaired) electrons. The van der Waals surface area contributed by atoms with Crippen molar-refractivity contribution in [3.05, 3.63) is 77.7 Å². The highest BCUT2D eigenvalue weighted by atomic mass is 35.5. The largest absolute Gasteiger partial charge is 0.445 e. The normalized spacial score (nSPS) is 13.3. The standard InChI is InChI=1S/C19H14ClN3O3S2/c20-15-9-16(19(22-11-15)27(24)12-13-4-3-7-21-10-13)23-28(25)18-8-14-5-1-2-6-17(14)26-18/h1-11,23H,12H2. The van der Waals surface area contributed by atoms with Crippen LogP contribution in [0.1, 0.15) is 5.56 Å². The van der Waals surface area contributed by atoms with Gasteiger partial charge in [-0.3, -0.25) is 13.9 Å². The molecule has 2 atom stereocenters. The first-order valence-corrected chi connectivity index (χ1v) is 11.0. The van der Waals surface area contributed by atoms with Crippen LogP contribution in [0.2, 0.25) is 5.02 Å². The van der Waals surface area contributed by atoms with Gasteiger partial charge < -0.3 is 4.42 Å². The summed E-state index contributed by atoms with van der Waals surface area (Å²) < 4.78 is 34.0.